The largest absolute Gasteiger partial charge is 0.494 e. The monoisotopic (exact) mass is 290 g/mol. The molecule has 0 bridgehead atoms. The molecule has 1 aromatic rings. The van der Waals surface area contributed by atoms with E-state index in [1.165, 1.54) is 31.2 Å². The fourth-order valence-electron chi connectivity index (χ4n) is 2.85. The third kappa shape index (κ3) is 5.35. The Bertz CT molecular complexity index is 399. The van der Waals surface area contributed by atoms with E-state index in [1.807, 2.05) is 0 Å². The number of epoxide rings is 1. The lowest BCUT2D eigenvalue weighted by molar-refractivity contribution is 0.305. The third-order valence-electron chi connectivity index (χ3n) is 4.46. The Labute approximate surface area is 129 Å². The van der Waals surface area contributed by atoms with Gasteiger partial charge in [0.05, 0.1) is 18.8 Å². The number of rotatable bonds is 10. The Kier molecular flexibility index (Phi) is 6.56. The first-order valence-electron chi connectivity index (χ1n) is 8.62. The standard InChI is InChI=1S/C19H30O2/c1-4-6-7-8-13-20-18-11-9-17(10-12-18)16(5-2)14-19-15(3)21-19/h9-12,15-16,19H,4-8,13-14H2,1-3H3. The Morgan fingerprint density at radius 1 is 1.10 bits per heavy atom. The minimum Gasteiger partial charge on any atom is -0.494 e. The van der Waals surface area contributed by atoms with Crippen LogP contribution in [-0.4, -0.2) is 18.8 Å². The van der Waals surface area contributed by atoms with Gasteiger partial charge in [-0.05, 0) is 49.8 Å². The van der Waals surface area contributed by atoms with Gasteiger partial charge < -0.3 is 9.47 Å². The fraction of sp³-hybridized carbons (Fsp3) is 0.684. The molecule has 1 heterocycles. The molecule has 0 spiro atoms. The zero-order valence-corrected chi connectivity index (χ0v) is 13.8. The molecule has 0 radical (unpaired) electrons. The summed E-state index contributed by atoms with van der Waals surface area (Å²) < 4.78 is 11.4. The van der Waals surface area contributed by atoms with Crippen molar-refractivity contribution >= 4 is 0 Å². The molecule has 1 saturated heterocycles. The maximum Gasteiger partial charge on any atom is 0.119 e. The number of hydrogen-bond acceptors (Lipinski definition) is 2. The van der Waals surface area contributed by atoms with Crippen LogP contribution in [0.25, 0.3) is 0 Å². The van der Waals surface area contributed by atoms with Crippen molar-refractivity contribution in [3.63, 3.8) is 0 Å². The van der Waals surface area contributed by atoms with E-state index in [-0.39, 0.29) is 0 Å². The van der Waals surface area contributed by atoms with Gasteiger partial charge in [0.25, 0.3) is 0 Å². The van der Waals surface area contributed by atoms with Gasteiger partial charge in [-0.3, -0.25) is 0 Å². The van der Waals surface area contributed by atoms with E-state index < -0.39 is 0 Å². The summed E-state index contributed by atoms with van der Waals surface area (Å²) in [6.45, 7) is 7.49. The molecule has 118 valence electrons. The Morgan fingerprint density at radius 2 is 1.81 bits per heavy atom. The number of hydrogen-bond donors (Lipinski definition) is 0. The first kappa shape index (κ1) is 16.4. The predicted octanol–water partition coefficient (Wildman–Crippen LogP) is 5.32. The second-order valence-electron chi connectivity index (χ2n) is 6.20. The molecular formula is C19H30O2. The summed E-state index contributed by atoms with van der Waals surface area (Å²) in [6, 6.07) is 8.69. The van der Waals surface area contributed by atoms with E-state index >= 15 is 0 Å². The van der Waals surface area contributed by atoms with E-state index in [4.69, 9.17) is 9.47 Å². The molecule has 1 fully saturated rings. The van der Waals surface area contributed by atoms with Crippen LogP contribution in [0, 0.1) is 0 Å². The van der Waals surface area contributed by atoms with Gasteiger partial charge in [0.1, 0.15) is 5.75 Å². The second-order valence-corrected chi connectivity index (χ2v) is 6.20. The SMILES string of the molecule is CCCCCCOc1ccc(C(CC)CC2OC2C)cc1. The van der Waals surface area contributed by atoms with Gasteiger partial charge >= 0.3 is 0 Å². The van der Waals surface area contributed by atoms with Gasteiger partial charge in [-0.15, -0.1) is 0 Å². The minimum absolute atomic E-state index is 0.463. The van der Waals surface area contributed by atoms with Crippen LogP contribution in [0.4, 0.5) is 0 Å². The Hall–Kier alpha value is -1.02. The first-order valence-corrected chi connectivity index (χ1v) is 8.62. The van der Waals surface area contributed by atoms with Crippen molar-refractivity contribution in [2.24, 2.45) is 0 Å². The van der Waals surface area contributed by atoms with Crippen LogP contribution in [0.3, 0.4) is 0 Å². The van der Waals surface area contributed by atoms with Crippen molar-refractivity contribution < 1.29 is 9.47 Å². The van der Waals surface area contributed by atoms with Gasteiger partial charge in [-0.1, -0.05) is 45.2 Å². The van der Waals surface area contributed by atoms with E-state index in [0.717, 1.165) is 25.2 Å². The minimum atomic E-state index is 0.463. The molecule has 0 N–H and O–H groups in total. The Balaban J connectivity index is 1.77. The topological polar surface area (TPSA) is 21.8 Å². The average Bonchev–Trinajstić information content (AvgIpc) is 3.21. The molecule has 1 aromatic carbocycles. The molecular weight excluding hydrogens is 260 g/mol. The summed E-state index contributed by atoms with van der Waals surface area (Å²) in [5.41, 5.74) is 1.42. The van der Waals surface area contributed by atoms with Crippen LogP contribution in [0.2, 0.25) is 0 Å². The summed E-state index contributed by atoms with van der Waals surface area (Å²) in [4.78, 5) is 0. The predicted molar refractivity (Wildman–Crippen MR) is 88.1 cm³/mol. The van der Waals surface area contributed by atoms with Crippen LogP contribution in [0.1, 0.15) is 70.8 Å². The van der Waals surface area contributed by atoms with E-state index in [1.54, 1.807) is 0 Å². The lowest BCUT2D eigenvalue weighted by Crippen LogP contribution is -2.03. The zero-order valence-electron chi connectivity index (χ0n) is 13.8. The quantitative estimate of drug-likeness (QED) is 0.430. The zero-order chi connectivity index (χ0) is 15.1. The van der Waals surface area contributed by atoms with Crippen LogP contribution in [-0.2, 0) is 4.74 Å². The molecule has 2 rings (SSSR count). The molecule has 1 aliphatic heterocycles. The maximum atomic E-state index is 5.81. The molecule has 3 unspecified atom stereocenters. The maximum absolute atomic E-state index is 5.81. The van der Waals surface area contributed by atoms with E-state index in [9.17, 15) is 0 Å². The lowest BCUT2D eigenvalue weighted by atomic mass is 9.91. The van der Waals surface area contributed by atoms with E-state index in [2.05, 4.69) is 45.0 Å². The lowest BCUT2D eigenvalue weighted by Gasteiger charge is -2.15. The van der Waals surface area contributed by atoms with Gasteiger partial charge in [-0.2, -0.15) is 0 Å². The van der Waals surface area contributed by atoms with Crippen LogP contribution >= 0.6 is 0 Å². The van der Waals surface area contributed by atoms with Gasteiger partial charge in [-0.25, -0.2) is 0 Å². The molecule has 21 heavy (non-hydrogen) atoms. The van der Waals surface area contributed by atoms with Crippen LogP contribution in [0.15, 0.2) is 24.3 Å². The van der Waals surface area contributed by atoms with Crippen molar-refractivity contribution in [3.05, 3.63) is 29.8 Å². The smallest absolute Gasteiger partial charge is 0.119 e. The highest BCUT2D eigenvalue weighted by atomic mass is 16.6. The summed E-state index contributed by atoms with van der Waals surface area (Å²) >= 11 is 0. The van der Waals surface area contributed by atoms with Crippen LogP contribution in [0.5, 0.6) is 5.75 Å². The van der Waals surface area contributed by atoms with Crippen molar-refractivity contribution in [1.29, 1.82) is 0 Å². The summed E-state index contributed by atoms with van der Waals surface area (Å²) in [6.07, 6.45) is 8.27. The van der Waals surface area contributed by atoms with Crippen molar-refractivity contribution in [3.8, 4) is 5.75 Å². The molecule has 2 nitrogen and oxygen atoms in total. The normalized spacial score (nSPS) is 22.0. The molecule has 0 aromatic heterocycles. The molecule has 0 amide bonds. The number of ether oxygens (including phenoxy) is 2. The van der Waals surface area contributed by atoms with Crippen molar-refractivity contribution in [1.82, 2.24) is 0 Å². The molecule has 2 heteroatoms. The first-order chi connectivity index (χ1) is 10.2. The number of benzene rings is 1. The summed E-state index contributed by atoms with van der Waals surface area (Å²) in [5, 5.41) is 0. The van der Waals surface area contributed by atoms with Crippen LogP contribution < -0.4 is 4.74 Å². The molecule has 0 saturated carbocycles. The average molecular weight is 290 g/mol. The van der Waals surface area contributed by atoms with E-state index in [0.29, 0.717) is 18.1 Å². The molecule has 3 atom stereocenters. The van der Waals surface area contributed by atoms with Crippen molar-refractivity contribution in [2.45, 2.75) is 77.4 Å². The summed E-state index contributed by atoms with van der Waals surface area (Å²) in [5.74, 6) is 1.61. The second kappa shape index (κ2) is 8.43. The molecule has 1 aliphatic rings. The molecule has 0 aliphatic carbocycles. The highest BCUT2D eigenvalue weighted by Gasteiger charge is 2.35. The third-order valence-corrected chi connectivity index (χ3v) is 4.46. The van der Waals surface area contributed by atoms with Gasteiger partial charge in [0.15, 0.2) is 0 Å². The van der Waals surface area contributed by atoms with Gasteiger partial charge in [0, 0.05) is 0 Å². The highest BCUT2D eigenvalue weighted by molar-refractivity contribution is 5.29. The van der Waals surface area contributed by atoms with Gasteiger partial charge in [0.2, 0.25) is 0 Å². The number of unbranched alkanes of at least 4 members (excludes halogenated alkanes) is 3. The highest BCUT2D eigenvalue weighted by Crippen LogP contribution is 2.34. The fourth-order valence-corrected chi connectivity index (χ4v) is 2.85. The summed E-state index contributed by atoms with van der Waals surface area (Å²) in [7, 11) is 0. The Morgan fingerprint density at radius 3 is 2.38 bits per heavy atom. The van der Waals surface area contributed by atoms with Crippen molar-refractivity contribution in [2.75, 3.05) is 6.61 Å².